The van der Waals surface area contributed by atoms with Crippen LogP contribution < -0.4 is 0 Å². The normalized spacial score (nSPS) is 24.4. The molecule has 1 aliphatic heterocycles. The maximum absolute atomic E-state index is 12.4. The van der Waals surface area contributed by atoms with E-state index in [0.717, 1.165) is 19.3 Å². The number of ether oxygens (including phenoxy) is 2. The van der Waals surface area contributed by atoms with E-state index in [0.29, 0.717) is 19.7 Å². The molecule has 0 aromatic carbocycles. The van der Waals surface area contributed by atoms with E-state index in [1.54, 1.807) is 11.8 Å². The molecule has 5 heteroatoms. The first-order chi connectivity index (χ1) is 9.27. The highest BCUT2D eigenvalue weighted by atomic mass is 16.6. The number of hydrogen-bond donors (Lipinski definition) is 0. The van der Waals surface area contributed by atoms with Crippen molar-refractivity contribution in [2.24, 2.45) is 11.3 Å². The molecule has 20 heavy (non-hydrogen) atoms. The smallest absolute Gasteiger partial charge is 0.409 e. The Bertz CT molecular complexity index is 395. The lowest BCUT2D eigenvalue weighted by atomic mass is 9.63. The van der Waals surface area contributed by atoms with Gasteiger partial charge in [0.05, 0.1) is 12.5 Å². The Morgan fingerprint density at radius 3 is 2.40 bits per heavy atom. The lowest BCUT2D eigenvalue weighted by Crippen LogP contribution is -2.43. The monoisotopic (exact) mass is 283 g/mol. The summed E-state index contributed by atoms with van der Waals surface area (Å²) in [5.41, 5.74) is -0.561. The number of esters is 1. The summed E-state index contributed by atoms with van der Waals surface area (Å²) in [6, 6.07) is 0. The maximum Gasteiger partial charge on any atom is 0.409 e. The molecule has 1 heterocycles. The van der Waals surface area contributed by atoms with E-state index in [9.17, 15) is 9.59 Å². The molecule has 1 unspecified atom stereocenters. The van der Waals surface area contributed by atoms with Crippen molar-refractivity contribution in [2.75, 3.05) is 19.7 Å². The second kappa shape index (κ2) is 5.26. The zero-order valence-corrected chi connectivity index (χ0v) is 12.9. The van der Waals surface area contributed by atoms with E-state index in [1.807, 2.05) is 20.8 Å². The molecule has 0 bridgehead atoms. The van der Waals surface area contributed by atoms with Gasteiger partial charge in [0.2, 0.25) is 0 Å². The van der Waals surface area contributed by atoms with Gasteiger partial charge in [0, 0.05) is 18.5 Å². The van der Waals surface area contributed by atoms with Crippen molar-refractivity contribution in [2.45, 2.75) is 52.6 Å². The molecule has 2 aliphatic rings. The van der Waals surface area contributed by atoms with Crippen LogP contribution in [0.1, 0.15) is 47.0 Å². The number of carbonyl (C=O) groups excluding carboxylic acids is 2. The molecule has 1 amide bonds. The van der Waals surface area contributed by atoms with Crippen LogP contribution in [0, 0.1) is 11.3 Å². The fourth-order valence-corrected chi connectivity index (χ4v) is 3.16. The van der Waals surface area contributed by atoms with Gasteiger partial charge in [-0.2, -0.15) is 0 Å². The van der Waals surface area contributed by atoms with Crippen LogP contribution in [0.25, 0.3) is 0 Å². The first-order valence-electron chi connectivity index (χ1n) is 7.42. The minimum Gasteiger partial charge on any atom is -0.460 e. The van der Waals surface area contributed by atoms with Gasteiger partial charge in [0.15, 0.2) is 0 Å². The lowest BCUT2D eigenvalue weighted by Gasteiger charge is -2.42. The van der Waals surface area contributed by atoms with Crippen molar-refractivity contribution in [3.8, 4) is 0 Å². The Kier molecular flexibility index (Phi) is 3.98. The molecule has 2 rings (SSSR count). The van der Waals surface area contributed by atoms with Gasteiger partial charge in [-0.1, -0.05) is 6.42 Å². The number of amides is 1. The molecule has 114 valence electrons. The van der Waals surface area contributed by atoms with Crippen LogP contribution in [0.3, 0.4) is 0 Å². The molecule has 0 N–H and O–H groups in total. The van der Waals surface area contributed by atoms with Crippen LogP contribution in [0.5, 0.6) is 0 Å². The second-order valence-corrected chi connectivity index (χ2v) is 6.88. The van der Waals surface area contributed by atoms with E-state index in [1.165, 1.54) is 0 Å². The summed E-state index contributed by atoms with van der Waals surface area (Å²) in [7, 11) is 0. The lowest BCUT2D eigenvalue weighted by molar-refractivity contribution is -0.165. The summed E-state index contributed by atoms with van der Waals surface area (Å²) >= 11 is 0. The fourth-order valence-electron chi connectivity index (χ4n) is 3.16. The Morgan fingerprint density at radius 2 is 1.95 bits per heavy atom. The van der Waals surface area contributed by atoms with Gasteiger partial charge < -0.3 is 14.4 Å². The fraction of sp³-hybridized carbons (Fsp3) is 0.867. The van der Waals surface area contributed by atoms with E-state index in [2.05, 4.69) is 0 Å². The summed E-state index contributed by atoms with van der Waals surface area (Å²) in [6.07, 6.45) is 2.79. The van der Waals surface area contributed by atoms with Crippen LogP contribution in [0.15, 0.2) is 0 Å². The van der Waals surface area contributed by atoms with Crippen molar-refractivity contribution < 1.29 is 19.1 Å². The number of likely N-dealkylation sites (tertiary alicyclic amines) is 1. The third kappa shape index (κ3) is 2.91. The molecule has 0 aromatic heterocycles. The number of nitrogens with zero attached hydrogens (tertiary/aromatic N) is 1. The first kappa shape index (κ1) is 15.1. The summed E-state index contributed by atoms with van der Waals surface area (Å²) < 4.78 is 10.6. The largest absolute Gasteiger partial charge is 0.460 e. The molecular formula is C15H25NO4. The number of hydrogen-bond acceptors (Lipinski definition) is 4. The van der Waals surface area contributed by atoms with Crippen molar-refractivity contribution in [3.63, 3.8) is 0 Å². The number of rotatable bonds is 2. The second-order valence-electron chi connectivity index (χ2n) is 6.88. The Balaban J connectivity index is 2.07. The predicted octanol–water partition coefficient (Wildman–Crippen LogP) is 2.59. The zero-order valence-electron chi connectivity index (χ0n) is 12.9. The minimum absolute atomic E-state index is 0.0743. The molecule has 0 aromatic rings. The molecule has 1 aliphatic carbocycles. The van der Waals surface area contributed by atoms with Gasteiger partial charge in [-0.15, -0.1) is 0 Å². The van der Waals surface area contributed by atoms with Crippen LogP contribution in [0.2, 0.25) is 0 Å². The molecule has 1 saturated carbocycles. The molecule has 1 spiro atoms. The summed E-state index contributed by atoms with van der Waals surface area (Å²) in [5, 5.41) is 0. The maximum atomic E-state index is 12.4. The zero-order chi connectivity index (χ0) is 15.0. The molecular weight excluding hydrogens is 258 g/mol. The molecule has 2 fully saturated rings. The standard InChI is InChI=1S/C15H25NO4/c1-5-19-13(18)16-9-11(12(17)20-14(2,3)4)15(10-16)7-6-8-15/h11H,5-10H2,1-4H3. The van der Waals surface area contributed by atoms with Crippen molar-refractivity contribution in [1.82, 2.24) is 4.90 Å². The average Bonchev–Trinajstić information content (AvgIpc) is 2.67. The Hall–Kier alpha value is -1.26. The highest BCUT2D eigenvalue weighted by Crippen LogP contribution is 2.52. The van der Waals surface area contributed by atoms with Crippen molar-refractivity contribution in [3.05, 3.63) is 0 Å². The Morgan fingerprint density at radius 1 is 1.30 bits per heavy atom. The molecule has 1 saturated heterocycles. The topological polar surface area (TPSA) is 55.8 Å². The van der Waals surface area contributed by atoms with Crippen LogP contribution in [0.4, 0.5) is 4.79 Å². The SMILES string of the molecule is CCOC(=O)N1CC(C(=O)OC(C)(C)C)C2(CCC2)C1. The third-order valence-electron chi connectivity index (χ3n) is 4.21. The summed E-state index contributed by atoms with van der Waals surface area (Å²) in [5.74, 6) is -0.385. The number of carbonyl (C=O) groups is 2. The predicted molar refractivity (Wildman–Crippen MR) is 74.2 cm³/mol. The van der Waals surface area contributed by atoms with Crippen molar-refractivity contribution in [1.29, 1.82) is 0 Å². The molecule has 0 radical (unpaired) electrons. The average molecular weight is 283 g/mol. The van der Waals surface area contributed by atoms with Gasteiger partial charge in [-0.25, -0.2) is 4.79 Å². The first-order valence-corrected chi connectivity index (χ1v) is 7.42. The van der Waals surface area contributed by atoms with Gasteiger partial charge in [-0.05, 0) is 40.5 Å². The van der Waals surface area contributed by atoms with Gasteiger partial charge >= 0.3 is 12.1 Å². The Labute approximate surface area is 120 Å². The van der Waals surface area contributed by atoms with E-state index < -0.39 is 5.60 Å². The van der Waals surface area contributed by atoms with E-state index in [-0.39, 0.29) is 23.4 Å². The van der Waals surface area contributed by atoms with E-state index in [4.69, 9.17) is 9.47 Å². The minimum atomic E-state index is -0.487. The van der Waals surface area contributed by atoms with Crippen LogP contribution in [-0.2, 0) is 14.3 Å². The molecule has 5 nitrogen and oxygen atoms in total. The van der Waals surface area contributed by atoms with Gasteiger partial charge in [0.1, 0.15) is 5.60 Å². The molecule has 1 atom stereocenters. The highest BCUT2D eigenvalue weighted by Gasteiger charge is 2.55. The summed E-state index contributed by atoms with van der Waals surface area (Å²) in [4.78, 5) is 25.9. The van der Waals surface area contributed by atoms with Gasteiger partial charge in [-0.3, -0.25) is 4.79 Å². The summed E-state index contributed by atoms with van der Waals surface area (Å²) in [6.45, 7) is 8.81. The van der Waals surface area contributed by atoms with Crippen molar-refractivity contribution >= 4 is 12.1 Å². The highest BCUT2D eigenvalue weighted by molar-refractivity contribution is 5.77. The third-order valence-corrected chi connectivity index (χ3v) is 4.21. The quantitative estimate of drug-likeness (QED) is 0.731. The van der Waals surface area contributed by atoms with Crippen LogP contribution >= 0.6 is 0 Å². The van der Waals surface area contributed by atoms with Gasteiger partial charge in [0.25, 0.3) is 0 Å². The van der Waals surface area contributed by atoms with Crippen LogP contribution in [-0.4, -0.2) is 42.3 Å². The van der Waals surface area contributed by atoms with E-state index >= 15 is 0 Å².